The number of carbonyl (C=O) groups is 1. The summed E-state index contributed by atoms with van der Waals surface area (Å²) in [5.74, 6) is -0.592. The quantitative estimate of drug-likeness (QED) is 0.492. The molecule has 0 saturated carbocycles. The Bertz CT molecular complexity index is 1210. The number of aryl methyl sites for hydroxylation is 1. The molecule has 0 amide bonds. The molecular weight excluding hydrogens is 454 g/mol. The van der Waals surface area contributed by atoms with Crippen molar-refractivity contribution >= 4 is 14.3 Å². The number of benzene rings is 1. The van der Waals surface area contributed by atoms with E-state index in [2.05, 4.69) is 44.9 Å². The van der Waals surface area contributed by atoms with Crippen molar-refractivity contribution in [2.75, 3.05) is 6.61 Å². The number of aromatic nitrogens is 2. The van der Waals surface area contributed by atoms with Crippen molar-refractivity contribution in [2.45, 2.75) is 70.2 Å². The maximum Gasteiger partial charge on any atom is 0.338 e. The fraction of sp³-hybridized carbons (Fsp3) is 0.500. The number of nitrogens with zero attached hydrogens (tertiary/aromatic N) is 2. The van der Waals surface area contributed by atoms with Gasteiger partial charge in [-0.3, -0.25) is 14.3 Å². The van der Waals surface area contributed by atoms with Crippen molar-refractivity contribution in [1.82, 2.24) is 9.55 Å². The van der Waals surface area contributed by atoms with Gasteiger partial charge in [0.2, 0.25) is 5.60 Å². The van der Waals surface area contributed by atoms with Gasteiger partial charge in [0.25, 0.3) is 5.56 Å². The largest absolute Gasteiger partial charge is 0.458 e. The lowest BCUT2D eigenvalue weighted by atomic mass is 9.99. The van der Waals surface area contributed by atoms with Crippen molar-refractivity contribution in [1.29, 1.82) is 5.26 Å². The lowest BCUT2D eigenvalue weighted by Gasteiger charge is -2.40. The summed E-state index contributed by atoms with van der Waals surface area (Å²) in [6.45, 7) is 11.5. The number of rotatable bonds is 6. The number of H-pyrrole nitrogens is 1. The molecule has 1 aromatic heterocycles. The zero-order chi connectivity index (χ0) is 25.3. The molecule has 2 aromatic rings. The molecule has 1 fully saturated rings. The molecule has 3 atom stereocenters. The smallest absolute Gasteiger partial charge is 0.338 e. The normalized spacial score (nSPS) is 22.9. The number of hydrogen-bond donors (Lipinski definition) is 1. The third kappa shape index (κ3) is 5.06. The van der Waals surface area contributed by atoms with Crippen LogP contribution in [0.2, 0.25) is 18.1 Å². The van der Waals surface area contributed by atoms with Gasteiger partial charge in [0.1, 0.15) is 18.9 Å². The van der Waals surface area contributed by atoms with Crippen LogP contribution < -0.4 is 11.2 Å². The molecule has 10 heteroatoms. The first-order valence-electron chi connectivity index (χ1n) is 11.1. The Morgan fingerprint density at radius 2 is 1.94 bits per heavy atom. The summed E-state index contributed by atoms with van der Waals surface area (Å²) >= 11 is 0. The molecule has 182 valence electrons. The second-order valence-electron chi connectivity index (χ2n) is 10.1. The molecular formula is C24H31N3O6Si. The molecule has 9 nitrogen and oxygen atoms in total. The van der Waals surface area contributed by atoms with Gasteiger partial charge in [-0.05, 0) is 37.2 Å². The summed E-state index contributed by atoms with van der Waals surface area (Å²) in [6.07, 6.45) is -0.0634. The number of nitrogens with one attached hydrogen (secondary N) is 1. The Morgan fingerprint density at radius 1 is 1.29 bits per heavy atom. The third-order valence-electron chi connectivity index (χ3n) is 6.60. The van der Waals surface area contributed by atoms with E-state index in [-0.39, 0.29) is 18.1 Å². The summed E-state index contributed by atoms with van der Waals surface area (Å²) in [7, 11) is -2.38. The summed E-state index contributed by atoms with van der Waals surface area (Å²) in [6, 6.07) is 10.6. The van der Waals surface area contributed by atoms with Gasteiger partial charge < -0.3 is 13.9 Å². The van der Waals surface area contributed by atoms with E-state index in [0.29, 0.717) is 11.1 Å². The Hall–Kier alpha value is -3.00. The van der Waals surface area contributed by atoms with E-state index in [1.54, 1.807) is 37.3 Å². The minimum Gasteiger partial charge on any atom is -0.458 e. The van der Waals surface area contributed by atoms with Gasteiger partial charge in [-0.25, -0.2) is 9.59 Å². The maximum atomic E-state index is 12.6. The van der Waals surface area contributed by atoms with Crippen molar-refractivity contribution in [2.24, 2.45) is 0 Å². The highest BCUT2D eigenvalue weighted by molar-refractivity contribution is 6.74. The molecule has 1 N–H and O–H groups in total. The van der Waals surface area contributed by atoms with Crippen molar-refractivity contribution < 1.29 is 18.7 Å². The van der Waals surface area contributed by atoms with Crippen LogP contribution in [0.4, 0.5) is 0 Å². The molecule has 34 heavy (non-hydrogen) atoms. The predicted molar refractivity (Wildman–Crippen MR) is 128 cm³/mol. The van der Waals surface area contributed by atoms with E-state index < -0.39 is 43.5 Å². The molecule has 2 heterocycles. The van der Waals surface area contributed by atoms with Crippen LogP contribution in [0.5, 0.6) is 0 Å². The first-order chi connectivity index (χ1) is 15.8. The molecule has 0 aliphatic carbocycles. The highest BCUT2D eigenvalue weighted by Gasteiger charge is 2.55. The van der Waals surface area contributed by atoms with Gasteiger partial charge in [0, 0.05) is 18.2 Å². The lowest BCUT2D eigenvalue weighted by Crippen LogP contribution is -2.52. The minimum absolute atomic E-state index is 0.154. The van der Waals surface area contributed by atoms with Gasteiger partial charge in [-0.1, -0.05) is 39.0 Å². The average Bonchev–Trinajstić information content (AvgIpc) is 3.12. The Balaban J connectivity index is 1.96. The Labute approximate surface area is 199 Å². The van der Waals surface area contributed by atoms with Crippen LogP contribution in [-0.2, 0) is 13.9 Å². The van der Waals surface area contributed by atoms with E-state index in [1.807, 2.05) is 0 Å². The summed E-state index contributed by atoms with van der Waals surface area (Å²) in [5.41, 5.74) is -2.10. The van der Waals surface area contributed by atoms with E-state index in [1.165, 1.54) is 10.8 Å². The Kier molecular flexibility index (Phi) is 7.03. The van der Waals surface area contributed by atoms with Crippen LogP contribution in [0.15, 0.2) is 46.1 Å². The lowest BCUT2D eigenvalue weighted by molar-refractivity contribution is -0.0942. The Morgan fingerprint density at radius 3 is 2.53 bits per heavy atom. The SMILES string of the molecule is Cc1cn([C@H]2C[C@@H](O[Si](C)(C)C(C)(C)C)[C@@](C#N)(COC(=O)c3ccccc3)O2)c(=O)[nH]c1=O. The standard InChI is InChI=1S/C24H31N3O6Si/c1-16-13-27(22(30)26-20(16)28)19-12-18(33-34(5,6)23(2,3)4)24(14-25,32-19)15-31-21(29)17-10-8-7-9-11-17/h7-11,13,18-19H,12,15H2,1-6H3,(H,26,28,30)/t18-,19-,24-/m1/s1. The van der Waals surface area contributed by atoms with Crippen LogP contribution in [0.1, 0.15) is 49.3 Å². The molecule has 3 rings (SSSR count). The zero-order valence-electron chi connectivity index (χ0n) is 20.4. The third-order valence-corrected chi connectivity index (χ3v) is 11.1. The second-order valence-corrected chi connectivity index (χ2v) is 14.9. The first kappa shape index (κ1) is 25.6. The molecule has 1 aromatic carbocycles. The van der Waals surface area contributed by atoms with Crippen LogP contribution in [0.25, 0.3) is 0 Å². The van der Waals surface area contributed by atoms with Gasteiger partial charge in [-0.2, -0.15) is 5.26 Å². The number of ether oxygens (including phenoxy) is 2. The van der Waals surface area contributed by atoms with E-state index in [0.717, 1.165) is 0 Å². The number of carbonyl (C=O) groups excluding carboxylic acids is 1. The molecule has 0 bridgehead atoms. The minimum atomic E-state index is -2.38. The number of hydrogen-bond acceptors (Lipinski definition) is 7. The van der Waals surface area contributed by atoms with Gasteiger partial charge in [0.15, 0.2) is 8.32 Å². The van der Waals surface area contributed by atoms with E-state index >= 15 is 0 Å². The highest BCUT2D eigenvalue weighted by atomic mass is 28.4. The number of esters is 1. The fourth-order valence-corrected chi connectivity index (χ4v) is 4.83. The topological polar surface area (TPSA) is 123 Å². The summed E-state index contributed by atoms with van der Waals surface area (Å²) in [5, 5.41) is 10.1. The zero-order valence-corrected chi connectivity index (χ0v) is 21.4. The fourth-order valence-electron chi connectivity index (χ4n) is 3.47. The predicted octanol–water partition coefficient (Wildman–Crippen LogP) is 3.27. The number of nitriles is 1. The molecule has 0 unspecified atom stereocenters. The van der Waals surface area contributed by atoms with Crippen LogP contribution >= 0.6 is 0 Å². The van der Waals surface area contributed by atoms with Crippen LogP contribution in [-0.4, -0.2) is 42.1 Å². The second kappa shape index (κ2) is 9.33. The number of aromatic amines is 1. The van der Waals surface area contributed by atoms with Crippen LogP contribution in [0, 0.1) is 18.3 Å². The van der Waals surface area contributed by atoms with Gasteiger partial charge in [0.05, 0.1) is 11.7 Å². The molecule has 0 radical (unpaired) electrons. The molecule has 1 aliphatic heterocycles. The molecule has 1 aliphatic rings. The van der Waals surface area contributed by atoms with Gasteiger partial charge >= 0.3 is 11.7 Å². The highest BCUT2D eigenvalue weighted by Crippen LogP contribution is 2.44. The molecule has 1 saturated heterocycles. The van der Waals surface area contributed by atoms with Crippen molar-refractivity contribution in [3.8, 4) is 6.07 Å². The van der Waals surface area contributed by atoms with E-state index in [4.69, 9.17) is 13.9 Å². The maximum absolute atomic E-state index is 12.6. The van der Waals surface area contributed by atoms with Crippen molar-refractivity contribution in [3.63, 3.8) is 0 Å². The summed E-state index contributed by atoms with van der Waals surface area (Å²) < 4.78 is 19.4. The summed E-state index contributed by atoms with van der Waals surface area (Å²) in [4.78, 5) is 39.2. The average molecular weight is 486 g/mol. The van der Waals surface area contributed by atoms with Gasteiger partial charge in [-0.15, -0.1) is 0 Å². The molecule has 0 spiro atoms. The van der Waals surface area contributed by atoms with E-state index in [9.17, 15) is 19.6 Å². The monoisotopic (exact) mass is 485 g/mol. The first-order valence-corrected chi connectivity index (χ1v) is 14.0. The van der Waals surface area contributed by atoms with Crippen LogP contribution in [0.3, 0.4) is 0 Å². The van der Waals surface area contributed by atoms with Crippen molar-refractivity contribution in [3.05, 3.63) is 68.5 Å².